The second-order valence-electron chi connectivity index (χ2n) is 26.9. The van der Waals surface area contributed by atoms with Gasteiger partial charge < -0.3 is 70.5 Å². The van der Waals surface area contributed by atoms with Crippen LogP contribution in [0.1, 0.15) is 167 Å². The Morgan fingerprint density at radius 1 is 0.720 bits per heavy atom. The number of hydrogen-bond donors (Lipinski definition) is 10. The number of allylic oxidation sites excluding steroid dienone is 2. The van der Waals surface area contributed by atoms with E-state index < -0.39 is 108 Å². The summed E-state index contributed by atoms with van der Waals surface area (Å²) in [5.74, 6) is -5.38. The van der Waals surface area contributed by atoms with Crippen molar-refractivity contribution in [1.82, 2.24) is 14.5 Å². The van der Waals surface area contributed by atoms with Gasteiger partial charge in [0.1, 0.15) is 23.4 Å². The summed E-state index contributed by atoms with van der Waals surface area (Å²) in [6.07, 6.45) is 5.27. The Labute approximate surface area is 648 Å². The largest absolute Gasteiger partial charge is 1.00 e. The molecule has 10 N–H and O–H groups in total. The van der Waals surface area contributed by atoms with Crippen LogP contribution >= 0.6 is 0 Å². The molecule has 2 heterocycles. The molecule has 107 heavy (non-hydrogen) atoms. The third kappa shape index (κ3) is 27.8. The zero-order valence-corrected chi connectivity index (χ0v) is 63.6. The number of anilines is 2. The molecule has 0 bridgehead atoms. The van der Waals surface area contributed by atoms with Gasteiger partial charge in [0.25, 0.3) is 5.91 Å². The summed E-state index contributed by atoms with van der Waals surface area (Å²) < 4.78 is 60.3. The number of hydrogen-bond acceptors (Lipinski definition) is 18. The maximum atomic E-state index is 14.0. The first kappa shape index (κ1) is 93.1. The number of sulfonamides is 1. The Balaban J connectivity index is 0.000000417. The van der Waals surface area contributed by atoms with Crippen LogP contribution in [0.5, 0.6) is 0 Å². The minimum Gasteiger partial charge on any atom is -0.550 e. The first-order valence-electron chi connectivity index (χ1n) is 34.5. The maximum Gasteiger partial charge on any atom is 1.00 e. The molecular formula is C80H104F2N5NaO18S. The van der Waals surface area contributed by atoms with Crippen molar-refractivity contribution in [2.45, 2.75) is 188 Å². The number of aromatic nitrogens is 3. The summed E-state index contributed by atoms with van der Waals surface area (Å²) >= 11 is 0. The van der Waals surface area contributed by atoms with E-state index in [2.05, 4.69) is 28.3 Å². The van der Waals surface area contributed by atoms with Gasteiger partial charge in [-0.25, -0.2) is 31.5 Å². The SMILES string of the molecule is C.C.CC(C)c1nc(N(C)S(C)(=O)=O)nc(-c2ccc(F)cc2)c1/C=C/[C@@H](O)C[C@@H](O)CC(=O)O.CC(C)n1c(/C=C/[C@@H](O)C[C@@H](O)CC(=O)O)c(-c2ccc(F)cc2)c(-c2ccccc2)c1C(=O)Nc1ccccc1.CC[C@H](C)C(=O)O[C@H]1C[C@H](O)C=C2C=C[C@H](C)[C@H](CC[C@@H](O)C[C@@H](O)CC(=O)[O-])[C@H]21.[Na+]. The van der Waals surface area contributed by atoms with Gasteiger partial charge in [-0.05, 0) is 129 Å². The first-order chi connectivity index (χ1) is 49.1. The minimum absolute atomic E-state index is 0. The molecule has 8 rings (SSSR count). The zero-order valence-electron chi connectivity index (χ0n) is 60.7. The molecule has 2 aliphatic carbocycles. The van der Waals surface area contributed by atoms with Crippen molar-refractivity contribution < 1.29 is 127 Å². The van der Waals surface area contributed by atoms with Crippen LogP contribution in [0.2, 0.25) is 0 Å². The number of benzene rings is 4. The molecule has 6 aromatic rings. The molecule has 0 spiro atoms. The van der Waals surface area contributed by atoms with E-state index >= 15 is 0 Å². The fourth-order valence-corrected chi connectivity index (χ4v) is 12.8. The number of ether oxygens (including phenoxy) is 1. The van der Waals surface area contributed by atoms with Crippen LogP contribution in [0.25, 0.3) is 45.7 Å². The van der Waals surface area contributed by atoms with Crippen molar-refractivity contribution in [1.29, 1.82) is 0 Å². The standard InChI is InChI=1S/C33H33FN2O5.C23H36O7.C22H28FN3O6S.2CH4.Na/c1-21(2)36-28(18-17-26(37)19-27(38)20-29(39)40)30(23-13-15-24(34)16-14-23)31(22-9-5-3-6-10-22)32(36)33(41)35-25-11-7-4-8-12-25;1-4-13(2)23(29)30-20-11-17(25)9-15-6-5-14(3)19(22(15)20)8-7-16(24)10-18(26)12-21(27)28;1-13(2)20-18(10-9-16(27)11-17(28)12-19(29)30)21(14-5-7-15(23)8-6-14)25-22(24-20)26(3)33(4,31)32;;;/h3-18,21,26-27,37-38H,19-20H2,1-2H3,(H,35,41)(H,39,40);5-6,9,13-14,16-20,22,24-26H,4,7-8,10-12H2,1-3H3,(H,27,28);5-10,13,16-17,27-28H,11-12H2,1-4H3,(H,29,30);2*1H4;/q;;;;;+1/p-1/b18-17+;;10-9+;;;/t26-,27-;13-,14-,16+,17+,18+,19-,20-,22-;16-,17-;;;/m101.../s1. The number of halogens is 2. The molecule has 2 aliphatic rings. The number of aliphatic hydroxyl groups excluding tert-OH is 7. The van der Waals surface area contributed by atoms with Gasteiger partial charge in [-0.2, -0.15) is 0 Å². The van der Waals surface area contributed by atoms with Crippen molar-refractivity contribution in [3.05, 3.63) is 179 Å². The predicted octanol–water partition coefficient (Wildman–Crippen LogP) is 8.18. The van der Waals surface area contributed by atoms with E-state index in [9.17, 15) is 82.0 Å². The second-order valence-corrected chi connectivity index (χ2v) is 28.9. The molecule has 4 aromatic carbocycles. The van der Waals surface area contributed by atoms with Crippen molar-refractivity contribution in [3.8, 4) is 33.5 Å². The minimum atomic E-state index is -3.65. The maximum absolute atomic E-state index is 14.0. The number of fused-ring (bicyclic) bond motifs is 1. The Hall–Kier alpha value is -8.12. The number of esters is 1. The van der Waals surface area contributed by atoms with E-state index in [0.717, 1.165) is 21.7 Å². The number of nitrogens with zero attached hydrogens (tertiary/aromatic N) is 4. The smallest absolute Gasteiger partial charge is 0.550 e. The van der Waals surface area contributed by atoms with E-state index in [0.29, 0.717) is 82.0 Å². The van der Waals surface area contributed by atoms with Crippen LogP contribution in [-0.4, -0.2) is 161 Å². The van der Waals surface area contributed by atoms with Crippen LogP contribution in [0.15, 0.2) is 145 Å². The van der Waals surface area contributed by atoms with Crippen molar-refractivity contribution in [2.24, 2.45) is 23.7 Å². The molecule has 2 aromatic heterocycles. The van der Waals surface area contributed by atoms with E-state index in [1.54, 1.807) is 30.3 Å². The van der Waals surface area contributed by atoms with Crippen molar-refractivity contribution in [3.63, 3.8) is 0 Å². The Morgan fingerprint density at radius 2 is 1.23 bits per heavy atom. The monoisotopic (exact) mass is 1520 g/mol. The third-order valence-corrected chi connectivity index (χ3v) is 19.0. The normalized spacial score (nSPS) is 18.0. The number of carboxylic acids is 3. The van der Waals surface area contributed by atoms with E-state index in [1.165, 1.54) is 61.7 Å². The summed E-state index contributed by atoms with van der Waals surface area (Å²) in [6, 6.07) is 29.8. The molecular weight excluding hydrogens is 1410 g/mol. The van der Waals surface area contributed by atoms with Crippen molar-refractivity contribution >= 4 is 63.6 Å². The summed E-state index contributed by atoms with van der Waals surface area (Å²) in [7, 11) is -2.33. The van der Waals surface area contributed by atoms with E-state index in [-0.39, 0.29) is 117 Å². The summed E-state index contributed by atoms with van der Waals surface area (Å²) in [5.41, 5.74) is 7.09. The van der Waals surface area contributed by atoms with Gasteiger partial charge >= 0.3 is 47.5 Å². The first-order valence-corrected chi connectivity index (χ1v) is 36.4. The molecule has 27 heteroatoms. The van der Waals surface area contributed by atoms with Gasteiger partial charge in [0, 0.05) is 84.3 Å². The molecule has 1 amide bonds. The summed E-state index contributed by atoms with van der Waals surface area (Å²) in [4.78, 5) is 67.5. The van der Waals surface area contributed by atoms with Gasteiger partial charge in [0.2, 0.25) is 16.0 Å². The summed E-state index contributed by atoms with van der Waals surface area (Å²) in [5, 5.41) is 102. The number of nitrogens with one attached hydrogen (secondary N) is 1. The average molecular weight is 1520 g/mol. The van der Waals surface area contributed by atoms with Crippen LogP contribution in [-0.2, 0) is 33.9 Å². The number of para-hydroxylation sites is 1. The number of carbonyl (C=O) groups excluding carboxylic acids is 3. The molecule has 578 valence electrons. The quantitative estimate of drug-likeness (QED) is 0.0145. The Bertz CT molecular complexity index is 4100. The molecule has 12 atom stereocenters. The third-order valence-electron chi connectivity index (χ3n) is 17.9. The number of carboxylic acid groups (broad SMARTS) is 3. The second kappa shape index (κ2) is 43.8. The van der Waals surface area contributed by atoms with Crippen LogP contribution in [0.3, 0.4) is 0 Å². The van der Waals surface area contributed by atoms with E-state index in [4.69, 9.17) is 14.9 Å². The zero-order chi connectivity index (χ0) is 76.9. The van der Waals surface area contributed by atoms with Crippen LogP contribution in [0, 0.1) is 35.3 Å². The number of aliphatic hydroxyl groups is 7. The Morgan fingerprint density at radius 3 is 1.74 bits per heavy atom. The molecule has 0 saturated heterocycles. The van der Waals surface area contributed by atoms with Gasteiger partial charge in [-0.3, -0.25) is 19.2 Å². The fraction of sp³-hybridized carbons (Fsp3) is 0.438. The van der Waals surface area contributed by atoms with Gasteiger partial charge in [0.05, 0.1) is 79.1 Å². The molecule has 0 fully saturated rings. The number of rotatable bonds is 31. The molecule has 0 unspecified atom stereocenters. The number of amides is 1. The molecule has 0 aliphatic heterocycles. The van der Waals surface area contributed by atoms with Crippen LogP contribution in [0.4, 0.5) is 20.4 Å². The number of aliphatic carboxylic acids is 3. The average Bonchev–Trinajstić information content (AvgIpc) is 1.61. The predicted molar refractivity (Wildman–Crippen MR) is 403 cm³/mol. The Kier molecular flexibility index (Phi) is 38.1. The van der Waals surface area contributed by atoms with Gasteiger partial charge in [0.15, 0.2) is 0 Å². The molecule has 0 radical (unpaired) electrons. The topological polar surface area (TPSA) is 380 Å². The fourth-order valence-electron chi connectivity index (χ4n) is 12.4. The molecule has 0 saturated carbocycles. The summed E-state index contributed by atoms with van der Waals surface area (Å²) in [6.45, 7) is 13.4. The molecule has 23 nitrogen and oxygen atoms in total. The number of carbonyl (C=O) groups is 5. The van der Waals surface area contributed by atoms with Crippen LogP contribution < -0.4 is 44.3 Å². The van der Waals surface area contributed by atoms with Gasteiger partial charge in [-0.1, -0.05) is 147 Å². The van der Waals surface area contributed by atoms with Crippen molar-refractivity contribution in [2.75, 3.05) is 22.9 Å². The van der Waals surface area contributed by atoms with Gasteiger partial charge in [-0.15, -0.1) is 0 Å². The van der Waals surface area contributed by atoms with E-state index in [1.807, 2.05) is 107 Å².